The largest absolute Gasteiger partial charge is 0.206 e. The molecule has 0 amide bonds. The molecule has 0 unspecified atom stereocenters. The molecule has 4 rings (SSSR count). The van der Waals surface area contributed by atoms with E-state index in [0.29, 0.717) is 0 Å². The molecule has 2 aromatic rings. The Morgan fingerprint density at radius 2 is 1.55 bits per heavy atom. The Morgan fingerprint density at radius 3 is 2.24 bits per heavy atom. The monoisotopic (exact) mass is 448 g/mol. The molecule has 0 atom stereocenters. The molecule has 33 heavy (non-hydrogen) atoms. The van der Waals surface area contributed by atoms with Crippen LogP contribution in [0.15, 0.2) is 42.5 Å². The standard InChI is InChI=1S/C32H45F/c1-3-5-6-8-24-9-15-27(16-10-24)28-17-11-25(12-18-28)13-19-29-20-21-30-23-26(7-4-2)14-22-31(30)32(29)33/h6,8,14,20-25,27-28H,3-5,7,9-13,15-19H2,1-2H3/b8-6+. The molecule has 0 spiro atoms. The highest BCUT2D eigenvalue weighted by molar-refractivity contribution is 5.84. The maximum Gasteiger partial charge on any atom is 0.134 e. The summed E-state index contributed by atoms with van der Waals surface area (Å²) in [5.41, 5.74) is 2.23. The van der Waals surface area contributed by atoms with Crippen LogP contribution in [0.3, 0.4) is 0 Å². The van der Waals surface area contributed by atoms with Crippen molar-refractivity contribution in [2.24, 2.45) is 23.7 Å². The first-order valence-electron chi connectivity index (χ1n) is 14.0. The zero-order valence-electron chi connectivity index (χ0n) is 21.1. The third-order valence-corrected chi connectivity index (χ3v) is 8.70. The highest BCUT2D eigenvalue weighted by atomic mass is 19.1. The lowest BCUT2D eigenvalue weighted by atomic mass is 9.68. The molecule has 2 fully saturated rings. The fourth-order valence-corrected chi connectivity index (χ4v) is 6.60. The van der Waals surface area contributed by atoms with Gasteiger partial charge >= 0.3 is 0 Å². The van der Waals surface area contributed by atoms with Crippen LogP contribution in [0.1, 0.15) is 102 Å². The van der Waals surface area contributed by atoms with Gasteiger partial charge in [0.1, 0.15) is 5.82 Å². The molecule has 2 aromatic carbocycles. The molecule has 180 valence electrons. The second-order valence-corrected chi connectivity index (χ2v) is 11.1. The van der Waals surface area contributed by atoms with Crippen LogP contribution in [0.2, 0.25) is 0 Å². The third-order valence-electron chi connectivity index (χ3n) is 8.70. The Hall–Kier alpha value is -1.63. The van der Waals surface area contributed by atoms with E-state index in [4.69, 9.17) is 0 Å². The lowest BCUT2D eigenvalue weighted by molar-refractivity contribution is 0.152. The fraction of sp³-hybridized carbons (Fsp3) is 0.625. The van der Waals surface area contributed by atoms with E-state index < -0.39 is 0 Å². The zero-order valence-corrected chi connectivity index (χ0v) is 21.1. The second-order valence-electron chi connectivity index (χ2n) is 11.1. The Balaban J connectivity index is 1.23. The first-order chi connectivity index (χ1) is 16.2. The normalized spacial score (nSPS) is 26.3. The van der Waals surface area contributed by atoms with Crippen molar-refractivity contribution in [3.63, 3.8) is 0 Å². The topological polar surface area (TPSA) is 0 Å². The summed E-state index contributed by atoms with van der Waals surface area (Å²) in [5.74, 6) is 3.58. The molecule has 2 saturated carbocycles. The average molecular weight is 449 g/mol. The quantitative estimate of drug-likeness (QED) is 0.335. The van der Waals surface area contributed by atoms with Crippen LogP contribution in [0.25, 0.3) is 10.8 Å². The molecule has 0 heterocycles. The van der Waals surface area contributed by atoms with E-state index in [0.717, 1.165) is 65.7 Å². The number of hydrogen-bond acceptors (Lipinski definition) is 0. The molecule has 0 saturated heterocycles. The molecule has 0 bridgehead atoms. The number of hydrogen-bond donors (Lipinski definition) is 0. The van der Waals surface area contributed by atoms with Gasteiger partial charge in [-0.2, -0.15) is 0 Å². The van der Waals surface area contributed by atoms with E-state index in [1.54, 1.807) is 0 Å². The Bertz CT molecular complexity index is 894. The lowest BCUT2D eigenvalue weighted by Crippen LogP contribution is -2.25. The highest BCUT2D eigenvalue weighted by Gasteiger charge is 2.30. The lowest BCUT2D eigenvalue weighted by Gasteiger charge is -2.37. The van der Waals surface area contributed by atoms with Gasteiger partial charge in [-0.15, -0.1) is 0 Å². The molecular weight excluding hydrogens is 403 g/mol. The van der Waals surface area contributed by atoms with Crippen LogP contribution in [0.5, 0.6) is 0 Å². The van der Waals surface area contributed by atoms with E-state index in [2.05, 4.69) is 44.2 Å². The number of halogens is 1. The van der Waals surface area contributed by atoms with Crippen molar-refractivity contribution >= 4 is 10.8 Å². The summed E-state index contributed by atoms with van der Waals surface area (Å²) in [6.07, 6.45) is 22.9. The van der Waals surface area contributed by atoms with Gasteiger partial charge in [-0.1, -0.05) is 82.0 Å². The summed E-state index contributed by atoms with van der Waals surface area (Å²) in [6.45, 7) is 4.46. The van der Waals surface area contributed by atoms with Gasteiger partial charge in [0.2, 0.25) is 0 Å². The summed E-state index contributed by atoms with van der Waals surface area (Å²) in [5, 5.41) is 1.86. The smallest absolute Gasteiger partial charge is 0.134 e. The molecule has 0 N–H and O–H groups in total. The van der Waals surface area contributed by atoms with Gasteiger partial charge in [0, 0.05) is 5.39 Å². The number of aryl methyl sites for hydroxylation is 2. The summed E-state index contributed by atoms with van der Waals surface area (Å²) in [6, 6.07) is 10.5. The average Bonchev–Trinajstić information content (AvgIpc) is 2.85. The van der Waals surface area contributed by atoms with E-state index in [-0.39, 0.29) is 5.82 Å². The molecule has 0 radical (unpaired) electrons. The van der Waals surface area contributed by atoms with Crippen molar-refractivity contribution in [2.75, 3.05) is 0 Å². The van der Waals surface area contributed by atoms with Gasteiger partial charge < -0.3 is 0 Å². The van der Waals surface area contributed by atoms with Crippen molar-refractivity contribution in [1.82, 2.24) is 0 Å². The van der Waals surface area contributed by atoms with Gasteiger partial charge in [0.05, 0.1) is 0 Å². The summed E-state index contributed by atoms with van der Waals surface area (Å²) >= 11 is 0. The Labute approximate surface area is 202 Å². The summed E-state index contributed by atoms with van der Waals surface area (Å²) < 4.78 is 15.2. The third kappa shape index (κ3) is 6.49. The number of benzene rings is 2. The molecule has 0 aromatic heterocycles. The maximum absolute atomic E-state index is 15.2. The van der Waals surface area contributed by atoms with Crippen LogP contribution in [0.4, 0.5) is 4.39 Å². The minimum atomic E-state index is 0.0222. The molecule has 2 aliphatic carbocycles. The predicted molar refractivity (Wildman–Crippen MR) is 141 cm³/mol. The summed E-state index contributed by atoms with van der Waals surface area (Å²) in [7, 11) is 0. The Kier molecular flexibility index (Phi) is 9.04. The van der Waals surface area contributed by atoms with Crippen LogP contribution in [-0.4, -0.2) is 0 Å². The molecule has 2 aliphatic rings. The molecule has 1 heteroatoms. The fourth-order valence-electron chi connectivity index (χ4n) is 6.60. The first kappa shape index (κ1) is 24.5. The predicted octanol–water partition coefficient (Wildman–Crippen LogP) is 9.83. The number of rotatable bonds is 9. The van der Waals surface area contributed by atoms with Crippen molar-refractivity contribution in [1.29, 1.82) is 0 Å². The minimum absolute atomic E-state index is 0.0222. The Morgan fingerprint density at radius 1 is 0.818 bits per heavy atom. The SMILES string of the molecule is CCC/C=C/C1CCC(C2CCC(CCc3ccc4cc(CCC)ccc4c3F)CC2)CC1. The van der Waals surface area contributed by atoms with Crippen molar-refractivity contribution < 1.29 is 4.39 Å². The van der Waals surface area contributed by atoms with Crippen molar-refractivity contribution in [2.45, 2.75) is 104 Å². The number of allylic oxidation sites excluding steroid dienone is 2. The van der Waals surface area contributed by atoms with Crippen LogP contribution < -0.4 is 0 Å². The van der Waals surface area contributed by atoms with Gasteiger partial charge in [-0.3, -0.25) is 0 Å². The van der Waals surface area contributed by atoms with Gasteiger partial charge in [-0.25, -0.2) is 4.39 Å². The van der Waals surface area contributed by atoms with Gasteiger partial charge in [0.15, 0.2) is 0 Å². The number of fused-ring (bicyclic) bond motifs is 1. The molecule has 0 nitrogen and oxygen atoms in total. The van der Waals surface area contributed by atoms with Crippen LogP contribution >= 0.6 is 0 Å². The van der Waals surface area contributed by atoms with Crippen molar-refractivity contribution in [3.8, 4) is 0 Å². The van der Waals surface area contributed by atoms with Crippen molar-refractivity contribution in [3.05, 3.63) is 59.4 Å². The highest BCUT2D eigenvalue weighted by Crippen LogP contribution is 2.42. The van der Waals surface area contributed by atoms with E-state index in [1.807, 2.05) is 12.1 Å². The van der Waals surface area contributed by atoms with E-state index in [1.165, 1.54) is 69.8 Å². The van der Waals surface area contributed by atoms with Gasteiger partial charge in [-0.05, 0) is 104 Å². The number of unbranched alkanes of at least 4 members (excludes halogenated alkanes) is 1. The van der Waals surface area contributed by atoms with Gasteiger partial charge in [0.25, 0.3) is 0 Å². The van der Waals surface area contributed by atoms with Crippen LogP contribution in [0, 0.1) is 29.5 Å². The van der Waals surface area contributed by atoms with Crippen LogP contribution in [-0.2, 0) is 12.8 Å². The van der Waals surface area contributed by atoms with E-state index in [9.17, 15) is 0 Å². The first-order valence-corrected chi connectivity index (χ1v) is 14.0. The molecular formula is C32H45F. The molecule has 0 aliphatic heterocycles. The second kappa shape index (κ2) is 12.2. The zero-order chi connectivity index (χ0) is 23.0. The van der Waals surface area contributed by atoms with E-state index >= 15 is 4.39 Å². The summed E-state index contributed by atoms with van der Waals surface area (Å²) in [4.78, 5) is 0. The maximum atomic E-state index is 15.2. The minimum Gasteiger partial charge on any atom is -0.206 e.